The van der Waals surface area contributed by atoms with Gasteiger partial charge >= 0.3 is 6.18 Å². The first-order valence-electron chi connectivity index (χ1n) is 3.70. The van der Waals surface area contributed by atoms with E-state index >= 15 is 0 Å². The van der Waals surface area contributed by atoms with E-state index in [0.717, 1.165) is 12.1 Å². The molecule has 0 spiro atoms. The molecule has 0 aliphatic heterocycles. The Balaban J connectivity index is 2.62. The number of nitrogen functional groups attached to an aromatic ring is 1. The van der Waals surface area contributed by atoms with Crippen molar-refractivity contribution < 1.29 is 17.6 Å². The molecule has 2 rings (SSSR count). The van der Waals surface area contributed by atoms with Gasteiger partial charge < -0.3 is 10.2 Å². The van der Waals surface area contributed by atoms with Crippen LogP contribution in [0.5, 0.6) is 0 Å². The summed E-state index contributed by atoms with van der Waals surface area (Å²) >= 11 is 0. The third-order valence-electron chi connectivity index (χ3n) is 1.73. The average molecular weight is 202 g/mol. The molecule has 6 heteroatoms. The fourth-order valence-corrected chi connectivity index (χ4v) is 1.12. The minimum absolute atomic E-state index is 0.109. The highest BCUT2D eigenvalue weighted by Gasteiger charge is 2.30. The van der Waals surface area contributed by atoms with Crippen LogP contribution in [0.1, 0.15) is 5.56 Å². The van der Waals surface area contributed by atoms with E-state index in [1.54, 1.807) is 0 Å². The minimum Gasteiger partial charge on any atom is -0.424 e. The molecule has 0 atom stereocenters. The fraction of sp³-hybridized carbons (Fsp3) is 0.125. The molecule has 14 heavy (non-hydrogen) atoms. The van der Waals surface area contributed by atoms with Crippen LogP contribution in [0.2, 0.25) is 0 Å². The van der Waals surface area contributed by atoms with Gasteiger partial charge in [0.1, 0.15) is 5.52 Å². The minimum atomic E-state index is -4.37. The molecule has 0 saturated heterocycles. The number of halogens is 3. The summed E-state index contributed by atoms with van der Waals surface area (Å²) in [6.07, 6.45) is -4.37. The molecule has 0 bridgehead atoms. The Morgan fingerprint density at radius 2 is 2.00 bits per heavy atom. The van der Waals surface area contributed by atoms with Crippen LogP contribution in [0.4, 0.5) is 19.2 Å². The lowest BCUT2D eigenvalue weighted by molar-refractivity contribution is -0.137. The maximum absolute atomic E-state index is 12.2. The van der Waals surface area contributed by atoms with Crippen LogP contribution >= 0.6 is 0 Å². The Bertz CT molecular complexity index is 475. The van der Waals surface area contributed by atoms with E-state index in [1.165, 1.54) is 6.07 Å². The number of oxazole rings is 1. The van der Waals surface area contributed by atoms with E-state index in [2.05, 4.69) is 4.98 Å². The van der Waals surface area contributed by atoms with Gasteiger partial charge in [0.15, 0.2) is 5.58 Å². The first kappa shape index (κ1) is 8.86. The second-order valence-corrected chi connectivity index (χ2v) is 2.73. The Morgan fingerprint density at radius 3 is 2.64 bits per heavy atom. The molecule has 0 unspecified atom stereocenters. The molecule has 0 fully saturated rings. The summed E-state index contributed by atoms with van der Waals surface area (Å²) in [5.74, 6) is 0. The summed E-state index contributed by atoms with van der Waals surface area (Å²) in [6, 6.07) is 2.88. The summed E-state index contributed by atoms with van der Waals surface area (Å²) in [5.41, 5.74) is 4.78. The lowest BCUT2D eigenvalue weighted by Crippen LogP contribution is -2.03. The first-order valence-corrected chi connectivity index (χ1v) is 3.70. The zero-order chi connectivity index (χ0) is 10.3. The van der Waals surface area contributed by atoms with Gasteiger partial charge in [-0.05, 0) is 18.2 Å². The summed E-state index contributed by atoms with van der Waals surface area (Å²) in [7, 11) is 0. The Morgan fingerprint density at radius 1 is 1.29 bits per heavy atom. The molecule has 2 N–H and O–H groups in total. The number of hydrogen-bond donors (Lipinski definition) is 1. The molecule has 0 amide bonds. The molecule has 74 valence electrons. The van der Waals surface area contributed by atoms with Crippen molar-refractivity contribution in [2.24, 2.45) is 0 Å². The predicted molar refractivity (Wildman–Crippen MR) is 43.4 cm³/mol. The molecular weight excluding hydrogens is 197 g/mol. The number of benzene rings is 1. The predicted octanol–water partition coefficient (Wildman–Crippen LogP) is 2.43. The van der Waals surface area contributed by atoms with Gasteiger partial charge in [-0.25, -0.2) is 0 Å². The molecule has 1 aromatic heterocycles. The van der Waals surface area contributed by atoms with Crippen molar-refractivity contribution in [1.29, 1.82) is 0 Å². The van der Waals surface area contributed by atoms with Gasteiger partial charge in [0.2, 0.25) is 0 Å². The molecule has 0 saturated carbocycles. The van der Waals surface area contributed by atoms with Crippen LogP contribution < -0.4 is 5.73 Å². The first-order chi connectivity index (χ1) is 6.47. The van der Waals surface area contributed by atoms with Crippen LogP contribution in [-0.4, -0.2) is 4.98 Å². The van der Waals surface area contributed by atoms with Crippen molar-refractivity contribution in [3.05, 3.63) is 23.8 Å². The molecule has 2 aromatic rings. The number of aromatic nitrogens is 1. The number of nitrogens with two attached hydrogens (primary N) is 1. The van der Waals surface area contributed by atoms with Crippen LogP contribution in [0, 0.1) is 0 Å². The molecular formula is C8H5F3N2O. The van der Waals surface area contributed by atoms with E-state index in [0.29, 0.717) is 0 Å². The van der Waals surface area contributed by atoms with Gasteiger partial charge in [-0.3, -0.25) is 0 Å². The normalized spacial score (nSPS) is 12.2. The largest absolute Gasteiger partial charge is 0.424 e. The lowest BCUT2D eigenvalue weighted by atomic mass is 10.2. The Labute approximate surface area is 76.3 Å². The van der Waals surface area contributed by atoms with Crippen molar-refractivity contribution in [2.75, 3.05) is 5.73 Å². The van der Waals surface area contributed by atoms with Crippen LogP contribution in [0.3, 0.4) is 0 Å². The standard InChI is InChI=1S/C8H5F3N2O/c9-8(10,11)4-1-2-6-5(3-4)13-7(12)14-6/h1-3H,(H2,12,13). The van der Waals surface area contributed by atoms with Crippen molar-refractivity contribution in [3.8, 4) is 0 Å². The van der Waals surface area contributed by atoms with E-state index in [9.17, 15) is 13.2 Å². The number of rotatable bonds is 0. The highest BCUT2D eigenvalue weighted by atomic mass is 19.4. The lowest BCUT2D eigenvalue weighted by Gasteiger charge is -2.04. The molecule has 3 nitrogen and oxygen atoms in total. The smallest absolute Gasteiger partial charge is 0.416 e. The van der Waals surface area contributed by atoms with Gasteiger partial charge in [0.05, 0.1) is 5.56 Å². The van der Waals surface area contributed by atoms with E-state index in [-0.39, 0.29) is 17.1 Å². The highest BCUT2D eigenvalue weighted by Crippen LogP contribution is 2.31. The number of fused-ring (bicyclic) bond motifs is 1. The summed E-state index contributed by atoms with van der Waals surface area (Å²) < 4.78 is 41.5. The molecule has 0 aliphatic rings. The second kappa shape index (κ2) is 2.63. The number of anilines is 1. The molecule has 0 radical (unpaired) electrons. The number of hydrogen-bond acceptors (Lipinski definition) is 3. The number of nitrogens with zero attached hydrogens (tertiary/aromatic N) is 1. The molecule has 0 aliphatic carbocycles. The molecule has 1 aromatic carbocycles. The Hall–Kier alpha value is -1.72. The average Bonchev–Trinajstić information content (AvgIpc) is 2.41. The van der Waals surface area contributed by atoms with Gasteiger partial charge in [-0.2, -0.15) is 18.2 Å². The van der Waals surface area contributed by atoms with Gasteiger partial charge in [-0.15, -0.1) is 0 Å². The van der Waals surface area contributed by atoms with Crippen LogP contribution in [0.15, 0.2) is 22.6 Å². The van der Waals surface area contributed by atoms with Crippen LogP contribution in [0.25, 0.3) is 11.1 Å². The van der Waals surface area contributed by atoms with Crippen molar-refractivity contribution in [2.45, 2.75) is 6.18 Å². The van der Waals surface area contributed by atoms with Crippen molar-refractivity contribution in [3.63, 3.8) is 0 Å². The van der Waals surface area contributed by atoms with E-state index < -0.39 is 11.7 Å². The maximum atomic E-state index is 12.2. The van der Waals surface area contributed by atoms with E-state index in [4.69, 9.17) is 10.2 Å². The fourth-order valence-electron chi connectivity index (χ4n) is 1.12. The highest BCUT2D eigenvalue weighted by molar-refractivity contribution is 5.75. The third-order valence-corrected chi connectivity index (χ3v) is 1.73. The molecule has 1 heterocycles. The quantitative estimate of drug-likeness (QED) is 0.713. The van der Waals surface area contributed by atoms with Crippen molar-refractivity contribution >= 4 is 17.1 Å². The van der Waals surface area contributed by atoms with Gasteiger partial charge in [0.25, 0.3) is 6.01 Å². The Kier molecular flexibility index (Phi) is 1.67. The SMILES string of the molecule is Nc1nc2cc(C(F)(F)F)ccc2o1. The summed E-state index contributed by atoms with van der Waals surface area (Å²) in [6.45, 7) is 0. The summed E-state index contributed by atoms with van der Waals surface area (Å²) in [4.78, 5) is 3.60. The third kappa shape index (κ3) is 1.39. The zero-order valence-electron chi connectivity index (χ0n) is 6.80. The summed E-state index contributed by atoms with van der Waals surface area (Å²) in [5, 5.41) is 0. The maximum Gasteiger partial charge on any atom is 0.416 e. The monoisotopic (exact) mass is 202 g/mol. The van der Waals surface area contributed by atoms with Gasteiger partial charge in [-0.1, -0.05) is 0 Å². The second-order valence-electron chi connectivity index (χ2n) is 2.73. The van der Waals surface area contributed by atoms with Crippen LogP contribution in [-0.2, 0) is 6.18 Å². The van der Waals surface area contributed by atoms with E-state index in [1.807, 2.05) is 0 Å². The van der Waals surface area contributed by atoms with Crippen molar-refractivity contribution in [1.82, 2.24) is 4.98 Å². The number of alkyl halides is 3. The topological polar surface area (TPSA) is 52.0 Å². The van der Waals surface area contributed by atoms with Gasteiger partial charge in [0, 0.05) is 0 Å². The zero-order valence-corrected chi connectivity index (χ0v) is 6.80.